The number of ether oxygens (including phenoxy) is 8. The molecule has 1 aliphatic rings. The van der Waals surface area contributed by atoms with E-state index in [-0.39, 0.29) is 36.3 Å². The van der Waals surface area contributed by atoms with Gasteiger partial charge in [-0.1, -0.05) is 140 Å². The minimum absolute atomic E-state index is 0.144. The van der Waals surface area contributed by atoms with E-state index in [9.17, 15) is 19.2 Å². The highest BCUT2D eigenvalue weighted by atomic mass is 16.8. The van der Waals surface area contributed by atoms with E-state index >= 15 is 0 Å². The molecule has 16 nitrogen and oxygen atoms in total. The molecule has 0 N–H and O–H groups in total. The summed E-state index contributed by atoms with van der Waals surface area (Å²) < 4.78 is 44.2. The smallest absolute Gasteiger partial charge is 0.340 e. The molecule has 0 saturated carbocycles. The summed E-state index contributed by atoms with van der Waals surface area (Å²) in [5.74, 6) is 0.0590. The lowest BCUT2D eigenvalue weighted by molar-refractivity contribution is -0.288. The Labute approximate surface area is 424 Å². The number of unbranched alkanes of at least 4 members (excludes halogenated alkanes) is 18. The molecule has 4 aromatic rings. The molecule has 1 fully saturated rings. The number of benzene rings is 2. The predicted molar refractivity (Wildman–Crippen MR) is 271 cm³/mol. The Bertz CT molecular complexity index is 2050. The zero-order chi connectivity index (χ0) is 50.9. The normalized spacial score (nSPS) is 14.2. The van der Waals surface area contributed by atoms with Crippen molar-refractivity contribution < 1.29 is 57.1 Å². The standard InChI is InChI=1S/C56H72N4O12/c1-3-49(61)67-35-23-19-15-11-7-5-9-13-17-21-33-65-47-39-57-51(58-40-47)43-25-29-45(30-26-43)53(63)71-55-56(70-38-37-69-55)72-54(64)46-31-27-44(28-32-46)52-59-41-48(42-60-52)66-34-22-18-14-10-6-8-12-16-20-24-36-68-50(62)4-2/h3-4,25-32,39-42,55-56H,1-2,5-24,33-38H2/t55-,56-/m0/s1. The number of aromatic nitrogens is 4. The van der Waals surface area contributed by atoms with Gasteiger partial charge in [0.25, 0.3) is 12.6 Å². The first kappa shape index (κ1) is 56.4. The van der Waals surface area contributed by atoms with E-state index in [0.717, 1.165) is 64.2 Å². The fraction of sp³-hybridized carbons (Fsp3) is 0.500. The summed E-state index contributed by atoms with van der Waals surface area (Å²) in [5, 5.41) is 0. The Balaban J connectivity index is 0.927. The Morgan fingerprint density at radius 3 is 1.04 bits per heavy atom. The molecule has 2 aromatic carbocycles. The zero-order valence-corrected chi connectivity index (χ0v) is 41.7. The van der Waals surface area contributed by atoms with Crippen LogP contribution in [0.2, 0.25) is 0 Å². The lowest BCUT2D eigenvalue weighted by atomic mass is 10.1. The van der Waals surface area contributed by atoms with Crippen molar-refractivity contribution in [3.8, 4) is 34.3 Å². The average Bonchev–Trinajstić information content (AvgIpc) is 3.41. The monoisotopic (exact) mass is 993 g/mol. The van der Waals surface area contributed by atoms with E-state index in [1.165, 1.54) is 76.4 Å². The number of hydrogen-bond donors (Lipinski definition) is 0. The third-order valence-electron chi connectivity index (χ3n) is 11.8. The predicted octanol–water partition coefficient (Wildman–Crippen LogP) is 11.3. The van der Waals surface area contributed by atoms with Gasteiger partial charge in [-0.25, -0.2) is 39.1 Å². The second-order valence-corrected chi connectivity index (χ2v) is 17.4. The van der Waals surface area contributed by atoms with Gasteiger partial charge in [-0.15, -0.1) is 0 Å². The van der Waals surface area contributed by atoms with Gasteiger partial charge in [0.2, 0.25) is 0 Å². The van der Waals surface area contributed by atoms with Crippen molar-refractivity contribution in [1.29, 1.82) is 0 Å². The van der Waals surface area contributed by atoms with Crippen LogP contribution >= 0.6 is 0 Å². The lowest BCUT2D eigenvalue weighted by Gasteiger charge is -2.30. The molecule has 0 bridgehead atoms. The summed E-state index contributed by atoms with van der Waals surface area (Å²) in [7, 11) is 0. The molecule has 2 aromatic heterocycles. The molecule has 0 aliphatic carbocycles. The van der Waals surface area contributed by atoms with E-state index in [4.69, 9.17) is 37.9 Å². The topological polar surface area (TPSA) is 194 Å². The maximum Gasteiger partial charge on any atom is 0.340 e. The number of hydrogen-bond acceptors (Lipinski definition) is 16. The first-order valence-corrected chi connectivity index (χ1v) is 25.7. The fourth-order valence-electron chi connectivity index (χ4n) is 7.68. The van der Waals surface area contributed by atoms with Crippen LogP contribution in [0.4, 0.5) is 0 Å². The highest BCUT2D eigenvalue weighted by molar-refractivity contribution is 5.91. The molecule has 16 heteroatoms. The molecule has 0 unspecified atom stereocenters. The largest absolute Gasteiger partial charge is 0.490 e. The van der Waals surface area contributed by atoms with Gasteiger partial charge in [-0.05, 0) is 49.9 Å². The van der Waals surface area contributed by atoms with Crippen molar-refractivity contribution in [3.63, 3.8) is 0 Å². The molecule has 3 heterocycles. The SMILES string of the molecule is C=CC(=O)OCCCCCCCCCCCCOc1cnc(-c2ccc(C(=O)O[C@@H]3OCCO[C@H]3OC(=O)c3ccc(-c4ncc(OCCCCCCCCCCCCOC(=O)C=C)cn4)cc3)cc2)nc1. The molecule has 0 spiro atoms. The molecule has 72 heavy (non-hydrogen) atoms. The van der Waals surface area contributed by atoms with Crippen LogP contribution in [0.1, 0.15) is 149 Å². The van der Waals surface area contributed by atoms with Crippen LogP contribution in [0.25, 0.3) is 22.8 Å². The van der Waals surface area contributed by atoms with Crippen LogP contribution in [0.15, 0.2) is 98.6 Å². The van der Waals surface area contributed by atoms with E-state index in [2.05, 4.69) is 33.1 Å². The number of esters is 4. The van der Waals surface area contributed by atoms with Gasteiger partial charge in [0, 0.05) is 23.3 Å². The van der Waals surface area contributed by atoms with Gasteiger partial charge < -0.3 is 37.9 Å². The van der Waals surface area contributed by atoms with Gasteiger partial charge >= 0.3 is 23.9 Å². The van der Waals surface area contributed by atoms with E-state index in [1.807, 2.05) is 0 Å². The Hall–Kier alpha value is -6.52. The average molecular weight is 993 g/mol. The molecule has 2 atom stereocenters. The van der Waals surface area contributed by atoms with E-state index < -0.39 is 24.5 Å². The molecule has 1 aliphatic heterocycles. The minimum Gasteiger partial charge on any atom is -0.490 e. The highest BCUT2D eigenvalue weighted by Gasteiger charge is 2.34. The number of nitrogens with zero attached hydrogens (tertiary/aromatic N) is 4. The zero-order valence-electron chi connectivity index (χ0n) is 41.7. The number of rotatable bonds is 36. The Kier molecular flexibility index (Phi) is 26.6. The molecular weight excluding hydrogens is 921 g/mol. The van der Waals surface area contributed by atoms with Crippen molar-refractivity contribution in [1.82, 2.24) is 19.9 Å². The summed E-state index contributed by atoms with van der Waals surface area (Å²) in [5.41, 5.74) is 1.90. The molecule has 388 valence electrons. The van der Waals surface area contributed by atoms with Crippen molar-refractivity contribution in [3.05, 3.63) is 110 Å². The Morgan fingerprint density at radius 1 is 0.444 bits per heavy atom. The van der Waals surface area contributed by atoms with Gasteiger partial charge in [-0.2, -0.15) is 0 Å². The highest BCUT2D eigenvalue weighted by Crippen LogP contribution is 2.23. The molecule has 1 saturated heterocycles. The van der Waals surface area contributed by atoms with Crippen molar-refractivity contribution in [2.75, 3.05) is 39.6 Å². The first-order valence-electron chi connectivity index (χ1n) is 25.7. The second-order valence-electron chi connectivity index (χ2n) is 17.4. The van der Waals surface area contributed by atoms with Crippen LogP contribution < -0.4 is 9.47 Å². The van der Waals surface area contributed by atoms with Crippen LogP contribution in [-0.2, 0) is 38.0 Å². The third kappa shape index (κ3) is 21.9. The summed E-state index contributed by atoms with van der Waals surface area (Å²) in [6, 6.07) is 13.3. The molecular formula is C56H72N4O12. The summed E-state index contributed by atoms with van der Waals surface area (Å²) in [6.45, 7) is 9.20. The van der Waals surface area contributed by atoms with Crippen molar-refractivity contribution >= 4 is 23.9 Å². The van der Waals surface area contributed by atoms with Crippen molar-refractivity contribution in [2.24, 2.45) is 0 Å². The van der Waals surface area contributed by atoms with E-state index in [1.54, 1.807) is 73.3 Å². The maximum absolute atomic E-state index is 13.2. The van der Waals surface area contributed by atoms with Gasteiger partial charge in [0.15, 0.2) is 23.1 Å². The van der Waals surface area contributed by atoms with Crippen LogP contribution in [-0.4, -0.2) is 96.0 Å². The number of carbonyl (C=O) groups is 4. The fourth-order valence-corrected chi connectivity index (χ4v) is 7.68. The van der Waals surface area contributed by atoms with Crippen LogP contribution in [0, 0.1) is 0 Å². The van der Waals surface area contributed by atoms with Crippen LogP contribution in [0.5, 0.6) is 11.5 Å². The summed E-state index contributed by atoms with van der Waals surface area (Å²) in [4.78, 5) is 66.2. The minimum atomic E-state index is -1.28. The van der Waals surface area contributed by atoms with Crippen molar-refractivity contribution in [2.45, 2.75) is 141 Å². The number of carbonyl (C=O) groups excluding carboxylic acids is 4. The second kappa shape index (κ2) is 34.0. The van der Waals surface area contributed by atoms with Crippen LogP contribution in [0.3, 0.4) is 0 Å². The maximum atomic E-state index is 13.2. The molecule has 5 rings (SSSR count). The van der Waals surface area contributed by atoms with Gasteiger partial charge in [0.1, 0.15) is 0 Å². The third-order valence-corrected chi connectivity index (χ3v) is 11.8. The molecule has 0 amide bonds. The van der Waals surface area contributed by atoms with Gasteiger partial charge in [-0.3, -0.25) is 0 Å². The summed E-state index contributed by atoms with van der Waals surface area (Å²) in [6.07, 6.45) is 28.8. The summed E-state index contributed by atoms with van der Waals surface area (Å²) >= 11 is 0. The quantitative estimate of drug-likeness (QED) is 0.0181. The first-order chi connectivity index (χ1) is 35.3. The van der Waals surface area contributed by atoms with E-state index in [0.29, 0.717) is 60.7 Å². The molecule has 0 radical (unpaired) electrons. The Morgan fingerprint density at radius 2 is 0.736 bits per heavy atom. The van der Waals surface area contributed by atoms with Gasteiger partial charge in [0.05, 0.1) is 75.6 Å². The lowest BCUT2D eigenvalue weighted by Crippen LogP contribution is -2.44.